The molecule has 0 fully saturated rings. The molecule has 0 spiro atoms. The van der Waals surface area contributed by atoms with Crippen LogP contribution in [0.5, 0.6) is 0 Å². The zero-order valence-electron chi connectivity index (χ0n) is 65.7. The summed E-state index contributed by atoms with van der Waals surface area (Å²) in [6, 6.07) is 0. The van der Waals surface area contributed by atoms with Crippen molar-refractivity contribution in [3.05, 3.63) is 24.3 Å². The average molecular weight is 1480 g/mol. The van der Waals surface area contributed by atoms with Crippen molar-refractivity contribution in [1.29, 1.82) is 0 Å². The van der Waals surface area contributed by atoms with Crippen molar-refractivity contribution in [3.63, 3.8) is 0 Å². The largest absolute Gasteiger partial charge is 0.472 e. The van der Waals surface area contributed by atoms with E-state index in [1.807, 2.05) is 0 Å². The van der Waals surface area contributed by atoms with Crippen LogP contribution < -0.4 is 0 Å². The van der Waals surface area contributed by atoms with Gasteiger partial charge in [-0.25, -0.2) is 9.13 Å². The fraction of sp³-hybridized carbons (Fsp3) is 0.902. The lowest BCUT2D eigenvalue weighted by molar-refractivity contribution is -0.161. The number of aliphatic hydroxyl groups excluding tert-OH is 1. The van der Waals surface area contributed by atoms with Gasteiger partial charge in [0.15, 0.2) is 12.2 Å². The average Bonchev–Trinajstić information content (AvgIpc) is 1.22. The third-order valence-corrected chi connectivity index (χ3v) is 20.5. The Morgan fingerprint density at radius 2 is 0.535 bits per heavy atom. The molecule has 596 valence electrons. The van der Waals surface area contributed by atoms with E-state index in [4.69, 9.17) is 37.0 Å². The summed E-state index contributed by atoms with van der Waals surface area (Å²) >= 11 is 0. The van der Waals surface area contributed by atoms with E-state index in [2.05, 4.69) is 65.8 Å². The molecule has 0 aromatic rings. The molecule has 0 heterocycles. The van der Waals surface area contributed by atoms with E-state index in [1.165, 1.54) is 205 Å². The first-order chi connectivity index (χ1) is 48.9. The third kappa shape index (κ3) is 75.6. The highest BCUT2D eigenvalue weighted by Gasteiger charge is 2.30. The van der Waals surface area contributed by atoms with Crippen LogP contribution in [0, 0.1) is 11.8 Å². The summed E-state index contributed by atoms with van der Waals surface area (Å²) in [4.78, 5) is 73.1. The monoisotopic (exact) mass is 1480 g/mol. The maximum absolute atomic E-state index is 13.1. The predicted molar refractivity (Wildman–Crippen MR) is 414 cm³/mol. The van der Waals surface area contributed by atoms with Crippen molar-refractivity contribution in [2.75, 3.05) is 39.6 Å². The van der Waals surface area contributed by atoms with Gasteiger partial charge in [0, 0.05) is 25.7 Å². The lowest BCUT2D eigenvalue weighted by Crippen LogP contribution is -2.30. The minimum Gasteiger partial charge on any atom is -0.462 e. The number of carbonyl (C=O) groups is 4. The first-order valence-corrected chi connectivity index (χ1v) is 44.8. The number of hydrogen-bond donors (Lipinski definition) is 3. The molecule has 17 nitrogen and oxygen atoms in total. The predicted octanol–water partition coefficient (Wildman–Crippen LogP) is 24.2. The van der Waals surface area contributed by atoms with Gasteiger partial charge >= 0.3 is 39.5 Å². The highest BCUT2D eigenvalue weighted by molar-refractivity contribution is 7.47. The van der Waals surface area contributed by atoms with Crippen molar-refractivity contribution in [1.82, 2.24) is 0 Å². The van der Waals surface area contributed by atoms with Crippen molar-refractivity contribution < 1.29 is 80.2 Å². The minimum absolute atomic E-state index is 0.102. The van der Waals surface area contributed by atoms with Gasteiger partial charge in [-0.05, 0) is 63.2 Å². The second kappa shape index (κ2) is 73.1. The Labute approximate surface area is 618 Å². The standard InChI is InChI=1S/C82H156O17P2/c1-7-9-11-13-15-17-19-21-23-24-25-26-28-30-35-41-48-54-60-66-81(86)98-77(70-92-79(84)64-58-52-46-40-34-29-27-22-20-18-16-14-12-10-8-2)72-96-100(88,89)94-68-76(83)69-95-101(90,91)97-73-78(71-93-80(85)65-59-53-47-43-37-39-45-51-57-63-75(5)6)99-82(87)67-61-55-49-42-36-32-31-33-38-44-50-56-62-74(3)4/h18,20,22,27,74-78,83H,7-17,19,21,23-26,28-73H2,1-6H3,(H,88,89)(H,90,91)/b20-18-,27-22-/t76-,77-,78-/m1/s1. The number of ether oxygens (including phenoxy) is 4. The Bertz CT molecular complexity index is 2040. The Morgan fingerprint density at radius 3 is 0.812 bits per heavy atom. The maximum atomic E-state index is 13.1. The van der Waals surface area contributed by atoms with Crippen LogP contribution >= 0.6 is 15.6 Å². The topological polar surface area (TPSA) is 237 Å². The molecule has 19 heteroatoms. The lowest BCUT2D eigenvalue weighted by atomic mass is 10.0. The highest BCUT2D eigenvalue weighted by Crippen LogP contribution is 2.45. The molecular formula is C82H156O17P2. The molecule has 0 aliphatic heterocycles. The number of rotatable bonds is 79. The van der Waals surface area contributed by atoms with Gasteiger partial charge in [-0.15, -0.1) is 0 Å². The molecule has 5 atom stereocenters. The number of aliphatic hydroxyl groups is 1. The molecule has 0 radical (unpaired) electrons. The van der Waals surface area contributed by atoms with Crippen LogP contribution in [0.4, 0.5) is 0 Å². The van der Waals surface area contributed by atoms with E-state index in [9.17, 15) is 43.2 Å². The summed E-state index contributed by atoms with van der Waals surface area (Å²) in [6.07, 6.45) is 66.0. The molecule has 0 bridgehead atoms. The fourth-order valence-electron chi connectivity index (χ4n) is 12.2. The van der Waals surface area contributed by atoms with Gasteiger partial charge < -0.3 is 33.8 Å². The maximum Gasteiger partial charge on any atom is 0.472 e. The van der Waals surface area contributed by atoms with E-state index in [-0.39, 0.29) is 25.7 Å². The summed E-state index contributed by atoms with van der Waals surface area (Å²) < 4.78 is 68.7. The first-order valence-electron chi connectivity index (χ1n) is 41.8. The van der Waals surface area contributed by atoms with Crippen molar-refractivity contribution in [2.45, 2.75) is 426 Å². The minimum atomic E-state index is -4.97. The SMILES string of the molecule is CCCCCC/C=C\C=C/CCCCCCCC(=O)OC[C@H](COP(=O)(O)OC[C@@H](O)COP(=O)(O)OC[C@@H](COC(=O)CCCCCCCCCCCC(C)C)OC(=O)CCCCCCCCCCCCCCC(C)C)OC(=O)CCCCCCCCCCCCCCCCCCCCC. The highest BCUT2D eigenvalue weighted by atomic mass is 31.2. The number of allylic oxidation sites excluding steroid dienone is 4. The molecule has 0 aromatic carbocycles. The Balaban J connectivity index is 5.29. The zero-order valence-corrected chi connectivity index (χ0v) is 67.5. The van der Waals surface area contributed by atoms with Crippen LogP contribution in [-0.4, -0.2) is 96.7 Å². The van der Waals surface area contributed by atoms with Gasteiger partial charge in [0.2, 0.25) is 0 Å². The summed E-state index contributed by atoms with van der Waals surface area (Å²) in [5, 5.41) is 10.6. The molecule has 101 heavy (non-hydrogen) atoms. The molecule has 0 amide bonds. The molecular weight excluding hydrogens is 1320 g/mol. The van der Waals surface area contributed by atoms with Crippen LogP contribution in [0.3, 0.4) is 0 Å². The second-order valence-corrected chi connectivity index (χ2v) is 32.7. The number of hydrogen-bond acceptors (Lipinski definition) is 15. The lowest BCUT2D eigenvalue weighted by Gasteiger charge is -2.21. The molecule has 0 rings (SSSR count). The van der Waals surface area contributed by atoms with Crippen LogP contribution in [0.15, 0.2) is 24.3 Å². The Hall–Kier alpha value is -2.46. The van der Waals surface area contributed by atoms with E-state index >= 15 is 0 Å². The van der Waals surface area contributed by atoms with E-state index < -0.39 is 97.5 Å². The number of phosphoric ester groups is 2. The van der Waals surface area contributed by atoms with Gasteiger partial charge in [-0.3, -0.25) is 37.3 Å². The van der Waals surface area contributed by atoms with Gasteiger partial charge in [0.05, 0.1) is 26.4 Å². The van der Waals surface area contributed by atoms with E-state index in [0.717, 1.165) is 121 Å². The van der Waals surface area contributed by atoms with Crippen LogP contribution in [-0.2, 0) is 65.4 Å². The summed E-state index contributed by atoms with van der Waals surface area (Å²) in [5.74, 6) is -0.620. The Kier molecular flexibility index (Phi) is 71.3. The summed E-state index contributed by atoms with van der Waals surface area (Å²) in [5.41, 5.74) is 0. The van der Waals surface area contributed by atoms with E-state index in [0.29, 0.717) is 25.7 Å². The van der Waals surface area contributed by atoms with Crippen molar-refractivity contribution >= 4 is 39.5 Å². The number of esters is 4. The molecule has 0 aliphatic rings. The number of unbranched alkanes of at least 4 members (excludes halogenated alkanes) is 46. The van der Waals surface area contributed by atoms with Gasteiger partial charge in [-0.1, -0.05) is 355 Å². The van der Waals surface area contributed by atoms with Crippen LogP contribution in [0.2, 0.25) is 0 Å². The van der Waals surface area contributed by atoms with Crippen LogP contribution in [0.1, 0.15) is 408 Å². The normalized spacial score (nSPS) is 14.0. The molecule has 0 aromatic heterocycles. The summed E-state index contributed by atoms with van der Waals surface area (Å²) in [7, 11) is -9.93. The number of phosphoric acid groups is 2. The van der Waals surface area contributed by atoms with Gasteiger partial charge in [0.1, 0.15) is 19.3 Å². The van der Waals surface area contributed by atoms with Crippen molar-refractivity contribution in [3.8, 4) is 0 Å². The Morgan fingerprint density at radius 1 is 0.307 bits per heavy atom. The molecule has 2 unspecified atom stereocenters. The molecule has 0 saturated carbocycles. The first kappa shape index (κ1) is 98.5. The van der Waals surface area contributed by atoms with Crippen molar-refractivity contribution in [2.24, 2.45) is 11.8 Å². The smallest absolute Gasteiger partial charge is 0.462 e. The zero-order chi connectivity index (χ0) is 74.2. The molecule has 0 aliphatic carbocycles. The van der Waals surface area contributed by atoms with E-state index in [1.54, 1.807) is 0 Å². The van der Waals surface area contributed by atoms with Crippen LogP contribution in [0.25, 0.3) is 0 Å². The summed E-state index contributed by atoms with van der Waals surface area (Å²) in [6.45, 7) is 9.56. The second-order valence-electron chi connectivity index (χ2n) is 29.8. The van der Waals surface area contributed by atoms with Gasteiger partial charge in [-0.2, -0.15) is 0 Å². The number of carbonyl (C=O) groups excluding carboxylic acids is 4. The quantitative estimate of drug-likeness (QED) is 0.0169. The molecule has 0 saturated heterocycles. The fourth-order valence-corrected chi connectivity index (χ4v) is 13.8. The van der Waals surface area contributed by atoms with Gasteiger partial charge in [0.25, 0.3) is 0 Å². The molecule has 3 N–H and O–H groups in total. The third-order valence-electron chi connectivity index (χ3n) is 18.6.